The van der Waals surface area contributed by atoms with Gasteiger partial charge in [-0.25, -0.2) is 4.98 Å². The van der Waals surface area contributed by atoms with Gasteiger partial charge in [0.15, 0.2) is 10.4 Å². The monoisotopic (exact) mass is 233 g/mol. The highest BCUT2D eigenvalue weighted by Gasteiger charge is 2.10. The molecule has 0 fully saturated rings. The number of nitrogens with zero attached hydrogens (tertiary/aromatic N) is 2. The number of fused-ring (bicyclic) bond motifs is 1. The average Bonchev–Trinajstić information content (AvgIpc) is 2.53. The number of nitrogens with one attached hydrogen (secondary N) is 1. The summed E-state index contributed by atoms with van der Waals surface area (Å²) in [5, 5.41) is 0. The largest absolute Gasteiger partial charge is 0.329 e. The third kappa shape index (κ3) is 1.80. The summed E-state index contributed by atoms with van der Waals surface area (Å²) in [5.41, 5.74) is 2.92. The zero-order valence-corrected chi connectivity index (χ0v) is 10.3. The fourth-order valence-corrected chi connectivity index (χ4v) is 2.23. The molecule has 2 aromatic rings. The lowest BCUT2D eigenvalue weighted by Gasteiger charge is -2.11. The van der Waals surface area contributed by atoms with Crippen LogP contribution in [0.1, 0.15) is 25.1 Å². The van der Waals surface area contributed by atoms with Crippen LogP contribution in [-0.2, 0) is 0 Å². The first-order valence-corrected chi connectivity index (χ1v) is 5.73. The second-order valence-electron chi connectivity index (χ2n) is 4.00. The molecule has 2 aromatic heterocycles. The summed E-state index contributed by atoms with van der Waals surface area (Å²) in [7, 11) is 0. The van der Waals surface area contributed by atoms with Crippen molar-refractivity contribution in [2.45, 2.75) is 26.3 Å². The predicted octanol–water partition coefficient (Wildman–Crippen LogP) is 3.54. The maximum atomic E-state index is 5.32. The molecule has 0 spiro atoms. The minimum Gasteiger partial charge on any atom is -0.329 e. The van der Waals surface area contributed by atoms with Crippen LogP contribution in [0.4, 0.5) is 0 Å². The van der Waals surface area contributed by atoms with Crippen LogP contribution < -0.4 is 0 Å². The Kier molecular flexibility index (Phi) is 2.92. The highest BCUT2D eigenvalue weighted by molar-refractivity contribution is 7.71. The SMILES string of the molecule is C=CCC(C)n1c(=S)[nH]c2ccc(C)nc21. The van der Waals surface area contributed by atoms with Crippen molar-refractivity contribution in [1.29, 1.82) is 0 Å². The van der Waals surface area contributed by atoms with E-state index in [1.54, 1.807) is 0 Å². The summed E-state index contributed by atoms with van der Waals surface area (Å²) < 4.78 is 2.78. The van der Waals surface area contributed by atoms with Crippen molar-refractivity contribution in [3.8, 4) is 0 Å². The Morgan fingerprint density at radius 3 is 3.06 bits per heavy atom. The molecule has 0 aromatic carbocycles. The minimum absolute atomic E-state index is 0.285. The topological polar surface area (TPSA) is 33.6 Å². The van der Waals surface area contributed by atoms with E-state index in [4.69, 9.17) is 12.2 Å². The van der Waals surface area contributed by atoms with Gasteiger partial charge in [-0.3, -0.25) is 4.57 Å². The highest BCUT2D eigenvalue weighted by atomic mass is 32.1. The normalized spacial score (nSPS) is 12.9. The molecule has 1 unspecified atom stereocenters. The molecule has 4 heteroatoms. The molecule has 0 radical (unpaired) electrons. The van der Waals surface area contributed by atoms with Gasteiger partial charge in [-0.1, -0.05) is 6.08 Å². The van der Waals surface area contributed by atoms with E-state index in [0.29, 0.717) is 0 Å². The molecule has 2 heterocycles. The predicted molar refractivity (Wildman–Crippen MR) is 69.2 cm³/mol. The lowest BCUT2D eigenvalue weighted by Crippen LogP contribution is -2.05. The molecule has 3 nitrogen and oxygen atoms in total. The van der Waals surface area contributed by atoms with Crippen molar-refractivity contribution in [1.82, 2.24) is 14.5 Å². The summed E-state index contributed by atoms with van der Waals surface area (Å²) in [4.78, 5) is 7.71. The van der Waals surface area contributed by atoms with Gasteiger partial charge in [0.2, 0.25) is 0 Å². The summed E-state index contributed by atoms with van der Waals surface area (Å²) in [6, 6.07) is 4.29. The van der Waals surface area contributed by atoms with Crippen LogP contribution >= 0.6 is 12.2 Å². The van der Waals surface area contributed by atoms with Gasteiger partial charge in [-0.15, -0.1) is 6.58 Å². The van der Waals surface area contributed by atoms with E-state index < -0.39 is 0 Å². The van der Waals surface area contributed by atoms with Crippen molar-refractivity contribution < 1.29 is 0 Å². The third-order valence-electron chi connectivity index (χ3n) is 2.65. The Labute approximate surface area is 99.8 Å². The molecule has 0 amide bonds. The molecule has 1 N–H and O–H groups in total. The zero-order valence-electron chi connectivity index (χ0n) is 9.53. The molecule has 0 saturated heterocycles. The van der Waals surface area contributed by atoms with Crippen molar-refractivity contribution in [3.63, 3.8) is 0 Å². The standard InChI is InChI=1S/C12H15N3S/c1-4-5-9(3)15-11-10(14-12(15)16)7-6-8(2)13-11/h4,6-7,9H,1,5H2,2-3H3,(H,14,16). The molecule has 0 aliphatic rings. The van der Waals surface area contributed by atoms with Crippen LogP contribution in [0.5, 0.6) is 0 Å². The van der Waals surface area contributed by atoms with Crippen molar-refractivity contribution in [3.05, 3.63) is 35.3 Å². The number of H-pyrrole nitrogens is 1. The van der Waals surface area contributed by atoms with E-state index in [1.165, 1.54) is 0 Å². The molecule has 1 atom stereocenters. The van der Waals surface area contributed by atoms with Gasteiger partial charge in [0.25, 0.3) is 0 Å². The Balaban J connectivity index is 2.67. The number of rotatable bonds is 3. The van der Waals surface area contributed by atoms with Gasteiger partial charge in [0, 0.05) is 11.7 Å². The first-order valence-electron chi connectivity index (χ1n) is 5.32. The Morgan fingerprint density at radius 1 is 1.62 bits per heavy atom. The molecular formula is C12H15N3S. The Hall–Kier alpha value is -1.42. The summed E-state index contributed by atoms with van der Waals surface area (Å²) >= 11 is 5.32. The number of aryl methyl sites for hydroxylation is 1. The number of aromatic nitrogens is 3. The first-order chi connectivity index (χ1) is 7.63. The molecule has 2 rings (SSSR count). The van der Waals surface area contributed by atoms with Crippen LogP contribution in [0.3, 0.4) is 0 Å². The molecule has 16 heavy (non-hydrogen) atoms. The Bertz CT molecular complexity index is 579. The second-order valence-corrected chi connectivity index (χ2v) is 4.38. The smallest absolute Gasteiger partial charge is 0.179 e. The molecular weight excluding hydrogens is 218 g/mol. The Morgan fingerprint density at radius 2 is 2.38 bits per heavy atom. The number of hydrogen-bond donors (Lipinski definition) is 1. The van der Waals surface area contributed by atoms with Gasteiger partial charge in [-0.2, -0.15) is 0 Å². The van der Waals surface area contributed by atoms with Gasteiger partial charge in [0.05, 0.1) is 5.52 Å². The number of aromatic amines is 1. The fraction of sp³-hybridized carbons (Fsp3) is 0.333. The third-order valence-corrected chi connectivity index (χ3v) is 2.95. The number of pyridine rings is 1. The van der Waals surface area contributed by atoms with Gasteiger partial charge in [-0.05, 0) is 44.6 Å². The van der Waals surface area contributed by atoms with E-state index in [1.807, 2.05) is 25.1 Å². The van der Waals surface area contributed by atoms with Crippen molar-refractivity contribution in [2.24, 2.45) is 0 Å². The van der Waals surface area contributed by atoms with E-state index in [-0.39, 0.29) is 6.04 Å². The van der Waals surface area contributed by atoms with Crippen molar-refractivity contribution >= 4 is 23.4 Å². The van der Waals surface area contributed by atoms with E-state index in [0.717, 1.165) is 28.0 Å². The number of imidazole rings is 1. The molecule has 0 aliphatic carbocycles. The van der Waals surface area contributed by atoms with Crippen LogP contribution in [0, 0.1) is 11.7 Å². The fourth-order valence-electron chi connectivity index (χ4n) is 1.85. The van der Waals surface area contributed by atoms with Crippen LogP contribution in [-0.4, -0.2) is 14.5 Å². The number of allylic oxidation sites excluding steroid dienone is 1. The maximum absolute atomic E-state index is 5.32. The lowest BCUT2D eigenvalue weighted by atomic mass is 10.2. The molecule has 0 bridgehead atoms. The minimum atomic E-state index is 0.285. The maximum Gasteiger partial charge on any atom is 0.179 e. The van der Waals surface area contributed by atoms with Crippen LogP contribution in [0.2, 0.25) is 0 Å². The van der Waals surface area contributed by atoms with Gasteiger partial charge < -0.3 is 4.98 Å². The van der Waals surface area contributed by atoms with Crippen LogP contribution in [0.15, 0.2) is 24.8 Å². The number of hydrogen-bond acceptors (Lipinski definition) is 2. The van der Waals surface area contributed by atoms with E-state index in [2.05, 4.69) is 28.0 Å². The molecule has 0 saturated carbocycles. The van der Waals surface area contributed by atoms with Crippen LogP contribution in [0.25, 0.3) is 11.2 Å². The molecule has 0 aliphatic heterocycles. The van der Waals surface area contributed by atoms with Gasteiger partial charge in [0.1, 0.15) is 0 Å². The summed E-state index contributed by atoms with van der Waals surface area (Å²) in [6.45, 7) is 7.86. The first kappa shape index (κ1) is 11.1. The summed E-state index contributed by atoms with van der Waals surface area (Å²) in [5.74, 6) is 0. The highest BCUT2D eigenvalue weighted by Crippen LogP contribution is 2.20. The summed E-state index contributed by atoms with van der Waals surface area (Å²) in [6.07, 6.45) is 2.79. The van der Waals surface area contributed by atoms with E-state index in [9.17, 15) is 0 Å². The lowest BCUT2D eigenvalue weighted by molar-refractivity contribution is 0.560. The zero-order chi connectivity index (χ0) is 11.7. The average molecular weight is 233 g/mol. The quantitative estimate of drug-likeness (QED) is 0.650. The molecule has 84 valence electrons. The van der Waals surface area contributed by atoms with E-state index >= 15 is 0 Å². The van der Waals surface area contributed by atoms with Crippen molar-refractivity contribution in [2.75, 3.05) is 0 Å². The second kappa shape index (κ2) is 4.22. The van der Waals surface area contributed by atoms with Gasteiger partial charge >= 0.3 is 0 Å².